The largest absolute Gasteiger partial charge is 0.330 e. The zero-order valence-corrected chi connectivity index (χ0v) is 7.90. The molecule has 1 aliphatic carbocycles. The van der Waals surface area contributed by atoms with Gasteiger partial charge in [0.1, 0.15) is 0 Å². The Morgan fingerprint density at radius 3 is 2.27 bits per heavy atom. The third kappa shape index (κ3) is 1.96. The number of hydrogen-bond donors (Lipinski definition) is 1. The van der Waals surface area contributed by atoms with Crippen LogP contribution in [-0.2, 0) is 0 Å². The van der Waals surface area contributed by atoms with Crippen molar-refractivity contribution in [3.05, 3.63) is 0 Å². The molecule has 11 heavy (non-hydrogen) atoms. The van der Waals surface area contributed by atoms with Crippen molar-refractivity contribution in [2.45, 2.75) is 46.0 Å². The lowest BCUT2D eigenvalue weighted by Gasteiger charge is -2.38. The molecule has 0 amide bonds. The maximum Gasteiger partial charge on any atom is -0.00463 e. The molecule has 1 atom stereocenters. The van der Waals surface area contributed by atoms with Crippen LogP contribution in [0.15, 0.2) is 0 Å². The van der Waals surface area contributed by atoms with Gasteiger partial charge in [0.25, 0.3) is 0 Å². The summed E-state index contributed by atoms with van der Waals surface area (Å²) in [7, 11) is 0. The topological polar surface area (TPSA) is 26.0 Å². The quantitative estimate of drug-likeness (QED) is 0.651. The van der Waals surface area contributed by atoms with E-state index in [0.29, 0.717) is 11.3 Å². The van der Waals surface area contributed by atoms with Crippen LogP contribution in [0.5, 0.6) is 0 Å². The molecule has 0 bridgehead atoms. The molecule has 0 aromatic rings. The van der Waals surface area contributed by atoms with Crippen LogP contribution in [0.2, 0.25) is 0 Å². The van der Waals surface area contributed by atoms with E-state index in [1.807, 2.05) is 0 Å². The molecule has 1 unspecified atom stereocenters. The highest BCUT2D eigenvalue weighted by molar-refractivity contribution is 4.83. The van der Waals surface area contributed by atoms with Crippen LogP contribution in [0.3, 0.4) is 0 Å². The summed E-state index contributed by atoms with van der Waals surface area (Å²) < 4.78 is 0. The fraction of sp³-hybridized carbons (Fsp3) is 1.00. The van der Waals surface area contributed by atoms with Crippen molar-refractivity contribution in [1.29, 1.82) is 0 Å². The molecule has 0 saturated heterocycles. The first-order chi connectivity index (χ1) is 5.19. The standard InChI is InChI=1S/C10H21N/c1-9(8-11)10(2)6-4-3-5-7-10/h9H,3-8,11H2,1-2H3. The summed E-state index contributed by atoms with van der Waals surface area (Å²) in [6.07, 6.45) is 7.06. The first-order valence-electron chi connectivity index (χ1n) is 4.89. The summed E-state index contributed by atoms with van der Waals surface area (Å²) >= 11 is 0. The summed E-state index contributed by atoms with van der Waals surface area (Å²) in [5.41, 5.74) is 6.25. The minimum absolute atomic E-state index is 0.562. The van der Waals surface area contributed by atoms with E-state index >= 15 is 0 Å². The van der Waals surface area contributed by atoms with Crippen LogP contribution >= 0.6 is 0 Å². The van der Waals surface area contributed by atoms with Crippen molar-refractivity contribution in [3.63, 3.8) is 0 Å². The van der Waals surface area contributed by atoms with E-state index in [1.54, 1.807) is 0 Å². The van der Waals surface area contributed by atoms with Crippen molar-refractivity contribution < 1.29 is 0 Å². The molecule has 0 spiro atoms. The maximum atomic E-state index is 5.69. The van der Waals surface area contributed by atoms with Crippen LogP contribution in [0.4, 0.5) is 0 Å². The fourth-order valence-corrected chi connectivity index (χ4v) is 2.14. The number of nitrogens with two attached hydrogens (primary N) is 1. The van der Waals surface area contributed by atoms with Gasteiger partial charge >= 0.3 is 0 Å². The summed E-state index contributed by atoms with van der Waals surface area (Å²) in [5.74, 6) is 0.711. The Bertz CT molecular complexity index is 114. The summed E-state index contributed by atoms with van der Waals surface area (Å²) in [5, 5.41) is 0. The molecule has 1 rings (SSSR count). The van der Waals surface area contributed by atoms with E-state index in [1.165, 1.54) is 32.1 Å². The first-order valence-corrected chi connectivity index (χ1v) is 4.89. The minimum Gasteiger partial charge on any atom is -0.330 e. The maximum absolute atomic E-state index is 5.69. The third-order valence-electron chi connectivity index (χ3n) is 3.54. The lowest BCUT2D eigenvalue weighted by molar-refractivity contribution is 0.136. The normalized spacial score (nSPS) is 26.5. The Morgan fingerprint density at radius 1 is 1.27 bits per heavy atom. The van der Waals surface area contributed by atoms with Gasteiger partial charge in [0.05, 0.1) is 0 Å². The zero-order valence-electron chi connectivity index (χ0n) is 7.90. The van der Waals surface area contributed by atoms with Gasteiger partial charge in [-0.15, -0.1) is 0 Å². The van der Waals surface area contributed by atoms with E-state index in [-0.39, 0.29) is 0 Å². The van der Waals surface area contributed by atoms with Gasteiger partial charge in [-0.05, 0) is 30.7 Å². The summed E-state index contributed by atoms with van der Waals surface area (Å²) in [6.45, 7) is 5.56. The highest BCUT2D eigenvalue weighted by atomic mass is 14.6. The van der Waals surface area contributed by atoms with Crippen LogP contribution in [-0.4, -0.2) is 6.54 Å². The first kappa shape index (κ1) is 9.05. The van der Waals surface area contributed by atoms with E-state index in [4.69, 9.17) is 5.73 Å². The third-order valence-corrected chi connectivity index (χ3v) is 3.54. The monoisotopic (exact) mass is 155 g/mol. The second kappa shape index (κ2) is 3.57. The zero-order chi connectivity index (χ0) is 8.32. The highest BCUT2D eigenvalue weighted by Gasteiger charge is 2.31. The van der Waals surface area contributed by atoms with Crippen LogP contribution < -0.4 is 5.73 Å². The van der Waals surface area contributed by atoms with Gasteiger partial charge in [-0.2, -0.15) is 0 Å². The Labute approximate surface area is 70.4 Å². The van der Waals surface area contributed by atoms with Gasteiger partial charge in [-0.25, -0.2) is 0 Å². The lowest BCUT2D eigenvalue weighted by Crippen LogP contribution is -2.32. The molecule has 0 aromatic heterocycles. The predicted octanol–water partition coefficient (Wildman–Crippen LogP) is 2.55. The van der Waals surface area contributed by atoms with Crippen molar-refractivity contribution in [1.82, 2.24) is 0 Å². The molecule has 1 nitrogen and oxygen atoms in total. The van der Waals surface area contributed by atoms with Crippen molar-refractivity contribution >= 4 is 0 Å². The fourth-order valence-electron chi connectivity index (χ4n) is 2.14. The van der Waals surface area contributed by atoms with Crippen LogP contribution in [0, 0.1) is 11.3 Å². The Morgan fingerprint density at radius 2 is 1.82 bits per heavy atom. The van der Waals surface area contributed by atoms with E-state index in [9.17, 15) is 0 Å². The van der Waals surface area contributed by atoms with Crippen molar-refractivity contribution in [2.75, 3.05) is 6.54 Å². The number of hydrogen-bond acceptors (Lipinski definition) is 1. The van der Waals surface area contributed by atoms with Crippen LogP contribution in [0.25, 0.3) is 0 Å². The predicted molar refractivity (Wildman–Crippen MR) is 49.4 cm³/mol. The summed E-state index contributed by atoms with van der Waals surface area (Å²) in [6, 6.07) is 0. The van der Waals surface area contributed by atoms with Gasteiger partial charge in [0.2, 0.25) is 0 Å². The van der Waals surface area contributed by atoms with Gasteiger partial charge in [0, 0.05) is 0 Å². The SMILES string of the molecule is CC(CN)C1(C)CCCCC1. The molecular weight excluding hydrogens is 134 g/mol. The minimum atomic E-state index is 0.562. The molecule has 1 fully saturated rings. The number of rotatable bonds is 2. The Kier molecular flexibility index (Phi) is 2.94. The average Bonchev–Trinajstić information content (AvgIpc) is 2.04. The Hall–Kier alpha value is -0.0400. The highest BCUT2D eigenvalue weighted by Crippen LogP contribution is 2.41. The molecule has 0 aliphatic heterocycles. The molecule has 1 heteroatoms. The van der Waals surface area contributed by atoms with Gasteiger partial charge in [-0.3, -0.25) is 0 Å². The van der Waals surface area contributed by atoms with Gasteiger partial charge in [0.15, 0.2) is 0 Å². The second-order valence-electron chi connectivity index (χ2n) is 4.35. The molecule has 2 N–H and O–H groups in total. The molecule has 1 aliphatic rings. The van der Waals surface area contributed by atoms with Crippen molar-refractivity contribution in [2.24, 2.45) is 17.1 Å². The smallest absolute Gasteiger partial charge is 0.00463 e. The summed E-state index contributed by atoms with van der Waals surface area (Å²) in [4.78, 5) is 0. The Balaban J connectivity index is 2.49. The lowest BCUT2D eigenvalue weighted by atomic mass is 9.68. The molecule has 66 valence electrons. The van der Waals surface area contributed by atoms with E-state index in [2.05, 4.69) is 13.8 Å². The van der Waals surface area contributed by atoms with Crippen molar-refractivity contribution in [3.8, 4) is 0 Å². The molecule has 0 aromatic carbocycles. The molecule has 0 radical (unpaired) electrons. The van der Waals surface area contributed by atoms with Crippen LogP contribution in [0.1, 0.15) is 46.0 Å². The second-order valence-corrected chi connectivity index (χ2v) is 4.35. The molecular formula is C10H21N. The molecule has 1 saturated carbocycles. The molecule has 0 heterocycles. The van der Waals surface area contributed by atoms with Gasteiger partial charge < -0.3 is 5.73 Å². The van der Waals surface area contributed by atoms with E-state index in [0.717, 1.165) is 6.54 Å². The average molecular weight is 155 g/mol. The van der Waals surface area contributed by atoms with E-state index < -0.39 is 0 Å². The van der Waals surface area contributed by atoms with Gasteiger partial charge in [-0.1, -0.05) is 33.1 Å².